The first-order chi connectivity index (χ1) is 0. The smallest absolute Gasteiger partial charge is 1.00 e. The van der Waals surface area contributed by atoms with Crippen LogP contribution in [0.2, 0.25) is 0 Å². The Morgan fingerprint density at radius 1 is 0.667 bits per heavy atom. The summed E-state index contributed by atoms with van der Waals surface area (Å²) in [6.07, 6.45) is 0. The molecule has 6 heteroatoms. The van der Waals surface area contributed by atoms with E-state index in [0.29, 0.717) is 0 Å². The van der Waals surface area contributed by atoms with E-state index in [2.05, 4.69) is 0 Å². The Labute approximate surface area is 64.9 Å². The van der Waals surface area contributed by atoms with Crippen molar-refractivity contribution in [3.63, 3.8) is 0 Å². The summed E-state index contributed by atoms with van der Waals surface area (Å²) in [5.74, 6) is 0. The minimum absolute atomic E-state index is 0. The topological polar surface area (TPSA) is 85.5 Å². The van der Waals surface area contributed by atoms with Gasteiger partial charge in [-0.3, -0.25) is 0 Å². The molecule has 0 aromatic heterocycles. The van der Waals surface area contributed by atoms with Crippen molar-refractivity contribution in [1.82, 2.24) is 0 Å². The van der Waals surface area contributed by atoms with E-state index >= 15 is 0 Å². The van der Waals surface area contributed by atoms with Crippen molar-refractivity contribution in [3.05, 3.63) is 0 Å². The number of rotatable bonds is 0. The molecule has 0 amide bonds. The summed E-state index contributed by atoms with van der Waals surface area (Å²) < 4.78 is 0. The SMILES string of the molecule is [Li+].[O-2].[O-2].[O-2].[SiH4].[V]. The van der Waals surface area contributed by atoms with Crippen molar-refractivity contribution >= 4 is 11.0 Å². The van der Waals surface area contributed by atoms with Crippen LogP contribution in [-0.4, -0.2) is 11.0 Å². The molecule has 0 saturated heterocycles. The molecule has 0 spiro atoms. The maximum Gasteiger partial charge on any atom is 1.00 e. The minimum Gasteiger partial charge on any atom is -2.00 e. The standard InChI is InChI=1S/Li.3O.H4Si.V/h;;;;1H4;/q+1;3*-2;;. The molecule has 0 heterocycles. The predicted octanol–water partition coefficient (Wildman–Crippen LogP) is -4.81. The van der Waals surface area contributed by atoms with Crippen molar-refractivity contribution < 1.29 is 53.8 Å². The summed E-state index contributed by atoms with van der Waals surface area (Å²) in [4.78, 5) is 0. The molecule has 0 aliphatic rings. The predicted molar refractivity (Wildman–Crippen MR) is 13.4 cm³/mol. The van der Waals surface area contributed by atoms with Gasteiger partial charge in [-0.15, -0.1) is 0 Å². The van der Waals surface area contributed by atoms with Gasteiger partial charge in [0.2, 0.25) is 0 Å². The van der Waals surface area contributed by atoms with Crippen LogP contribution in [0.3, 0.4) is 0 Å². The average Bonchev–Trinajstić information content (AvgIpc) is 0. The second-order valence-electron chi connectivity index (χ2n) is 0. The van der Waals surface area contributed by atoms with Crippen LogP contribution < -0.4 is 18.9 Å². The van der Waals surface area contributed by atoms with Gasteiger partial charge >= 0.3 is 18.9 Å². The third-order valence-corrected chi connectivity index (χ3v) is 0. The second kappa shape index (κ2) is 107. The number of hydrogen-bond acceptors (Lipinski definition) is 0. The maximum absolute atomic E-state index is 0. The molecule has 6 heavy (non-hydrogen) atoms. The van der Waals surface area contributed by atoms with Crippen molar-refractivity contribution in [2.24, 2.45) is 0 Å². The Hall–Kier alpha value is 1.28. The van der Waals surface area contributed by atoms with E-state index in [4.69, 9.17) is 0 Å². The van der Waals surface area contributed by atoms with Gasteiger partial charge in [0.15, 0.2) is 0 Å². The zero-order valence-electron chi connectivity index (χ0n) is 2.67. The Bertz CT molecular complexity index is 10.8. The van der Waals surface area contributed by atoms with Crippen LogP contribution in [0.25, 0.3) is 0 Å². The fourth-order valence-electron chi connectivity index (χ4n) is 0. The van der Waals surface area contributed by atoms with Gasteiger partial charge in [-0.05, 0) is 11.0 Å². The normalized spacial score (nSPS) is 0. The molecule has 3 nitrogen and oxygen atoms in total. The monoisotopic (exact) mass is 138 g/mol. The van der Waals surface area contributed by atoms with Crippen LogP contribution in [0.15, 0.2) is 0 Å². The van der Waals surface area contributed by atoms with E-state index in [1.165, 1.54) is 0 Å². The van der Waals surface area contributed by atoms with E-state index in [9.17, 15) is 0 Å². The minimum atomic E-state index is 0. The summed E-state index contributed by atoms with van der Waals surface area (Å²) in [5, 5.41) is 0. The van der Waals surface area contributed by atoms with Gasteiger partial charge in [0.25, 0.3) is 0 Å². The summed E-state index contributed by atoms with van der Waals surface area (Å²) in [6.45, 7) is 0. The van der Waals surface area contributed by atoms with Gasteiger partial charge in [-0.1, -0.05) is 0 Å². The van der Waals surface area contributed by atoms with E-state index in [-0.39, 0.29) is 64.8 Å². The molecule has 0 aliphatic carbocycles. The zero-order chi connectivity index (χ0) is 0. The quantitative estimate of drug-likeness (QED) is 0.301. The Kier molecular flexibility index (Phi) is 3130. The van der Waals surface area contributed by atoms with Gasteiger partial charge in [0, 0.05) is 18.6 Å². The molecule has 0 fully saturated rings. The molecule has 0 unspecified atom stereocenters. The molecule has 0 aliphatic heterocycles. The maximum atomic E-state index is 0. The van der Waals surface area contributed by atoms with Crippen molar-refractivity contribution in [3.8, 4) is 0 Å². The third kappa shape index (κ3) is 59.1. The van der Waals surface area contributed by atoms with Gasteiger partial charge < -0.3 is 16.4 Å². The van der Waals surface area contributed by atoms with Crippen molar-refractivity contribution in [2.45, 2.75) is 0 Å². The zero-order valence-corrected chi connectivity index (χ0v) is 4.07. The van der Waals surface area contributed by atoms with Crippen molar-refractivity contribution in [1.29, 1.82) is 0 Å². The molecule has 0 N–H and O–H groups in total. The first kappa shape index (κ1) is 175. The largest absolute Gasteiger partial charge is 2.00 e. The molecule has 0 rings (SSSR count). The summed E-state index contributed by atoms with van der Waals surface area (Å²) >= 11 is 0. The van der Waals surface area contributed by atoms with Crippen molar-refractivity contribution in [2.75, 3.05) is 0 Å². The summed E-state index contributed by atoms with van der Waals surface area (Å²) in [5.41, 5.74) is 0. The van der Waals surface area contributed by atoms with E-state index in [0.717, 1.165) is 0 Å². The van der Waals surface area contributed by atoms with Gasteiger partial charge in [-0.2, -0.15) is 0 Å². The molecular weight excluding hydrogens is 134 g/mol. The van der Waals surface area contributed by atoms with Crippen LogP contribution in [-0.2, 0) is 35.0 Å². The molecule has 0 bridgehead atoms. The fourth-order valence-corrected chi connectivity index (χ4v) is 0. The average molecular weight is 138 g/mol. The van der Waals surface area contributed by atoms with Gasteiger partial charge in [0.1, 0.15) is 0 Å². The molecule has 0 aromatic carbocycles. The number of hydrogen-bond donors (Lipinski definition) is 0. The summed E-state index contributed by atoms with van der Waals surface area (Å²) in [6, 6.07) is 0. The van der Waals surface area contributed by atoms with Gasteiger partial charge in [0.05, 0.1) is 0 Å². The van der Waals surface area contributed by atoms with Crippen LogP contribution in [0.1, 0.15) is 0 Å². The molecule has 1 radical (unpaired) electrons. The fraction of sp³-hybridized carbons (Fsp3) is 0. The molecule has 37 valence electrons. The van der Waals surface area contributed by atoms with Crippen LogP contribution in [0.4, 0.5) is 0 Å². The van der Waals surface area contributed by atoms with E-state index in [1.54, 1.807) is 0 Å². The second-order valence-corrected chi connectivity index (χ2v) is 0. The first-order valence-corrected chi connectivity index (χ1v) is 0. The van der Waals surface area contributed by atoms with Crippen LogP contribution in [0, 0.1) is 0 Å². The van der Waals surface area contributed by atoms with E-state index in [1.807, 2.05) is 0 Å². The Balaban J connectivity index is 0. The van der Waals surface area contributed by atoms with Crippen LogP contribution >= 0.6 is 0 Å². The van der Waals surface area contributed by atoms with Crippen LogP contribution in [0.5, 0.6) is 0 Å². The molecular formula is H4LiO3SiV-5. The third-order valence-electron chi connectivity index (χ3n) is 0. The van der Waals surface area contributed by atoms with Gasteiger partial charge in [-0.25, -0.2) is 0 Å². The Morgan fingerprint density at radius 3 is 0.667 bits per heavy atom. The molecule has 0 aromatic rings. The Morgan fingerprint density at radius 2 is 0.667 bits per heavy atom. The summed E-state index contributed by atoms with van der Waals surface area (Å²) in [7, 11) is 0. The first-order valence-electron chi connectivity index (χ1n) is 0. The molecule has 0 atom stereocenters. The van der Waals surface area contributed by atoms with E-state index < -0.39 is 0 Å². The molecule has 0 saturated carbocycles.